The summed E-state index contributed by atoms with van der Waals surface area (Å²) in [5.74, 6) is -0.0185. The Kier molecular flexibility index (Phi) is 9.51. The van der Waals surface area contributed by atoms with Crippen LogP contribution in [0.5, 0.6) is 11.5 Å². The molecule has 0 atom stereocenters. The molecule has 38 heavy (non-hydrogen) atoms. The number of amidine groups is 1. The van der Waals surface area contributed by atoms with E-state index in [0.717, 1.165) is 5.56 Å². The van der Waals surface area contributed by atoms with Crippen LogP contribution in [0.4, 0.5) is 5.69 Å². The minimum absolute atomic E-state index is 0.107. The molecule has 0 aliphatic heterocycles. The number of hydrogen-bond acceptors (Lipinski definition) is 9. The number of ether oxygens (including phenoxy) is 2. The van der Waals surface area contributed by atoms with E-state index < -0.39 is 5.97 Å². The van der Waals surface area contributed by atoms with Crippen molar-refractivity contribution >= 4 is 40.6 Å². The van der Waals surface area contributed by atoms with Crippen molar-refractivity contribution in [3.8, 4) is 28.7 Å². The summed E-state index contributed by atoms with van der Waals surface area (Å²) in [7, 11) is 4.25. The smallest absolute Gasteiger partial charge is 0.338 e. The number of methoxy groups -OCH3 is 2. The highest BCUT2D eigenvalue weighted by Gasteiger charge is 2.19. The first kappa shape index (κ1) is 27.8. The first-order chi connectivity index (χ1) is 18.3. The van der Waals surface area contributed by atoms with Gasteiger partial charge in [-0.2, -0.15) is 5.26 Å². The van der Waals surface area contributed by atoms with Crippen molar-refractivity contribution in [1.82, 2.24) is 5.32 Å². The van der Waals surface area contributed by atoms with E-state index in [1.807, 2.05) is 30.3 Å². The number of nitriles is 1. The number of phenolic OH excluding ortho intramolecular Hbond substituents is 1. The molecule has 0 heterocycles. The molecule has 0 fully saturated rings. The lowest BCUT2D eigenvalue weighted by atomic mass is 9.96. The van der Waals surface area contributed by atoms with Crippen LogP contribution >= 0.6 is 11.8 Å². The summed E-state index contributed by atoms with van der Waals surface area (Å²) in [6.07, 6.45) is 0.477. The van der Waals surface area contributed by atoms with Gasteiger partial charge in [0.05, 0.1) is 25.5 Å². The second kappa shape index (κ2) is 13.0. The Morgan fingerprint density at radius 3 is 2.39 bits per heavy atom. The molecule has 3 aromatic rings. The fraction of sp³-hybridized carbons (Fsp3) is 0.143. The number of aliphatic imine (C=N–C) groups is 1. The van der Waals surface area contributed by atoms with Gasteiger partial charge in [0.1, 0.15) is 11.6 Å². The van der Waals surface area contributed by atoms with E-state index in [1.165, 1.54) is 38.1 Å². The van der Waals surface area contributed by atoms with Crippen LogP contribution in [0.3, 0.4) is 0 Å². The minimum Gasteiger partial charge on any atom is -0.504 e. The minimum atomic E-state index is -0.598. The molecule has 0 saturated heterocycles. The number of phenols is 1. The van der Waals surface area contributed by atoms with Crippen molar-refractivity contribution in [2.45, 2.75) is 5.75 Å². The quantitative estimate of drug-likeness (QED) is 0.0734. The van der Waals surface area contributed by atoms with Crippen molar-refractivity contribution in [3.05, 3.63) is 82.9 Å². The maximum atomic E-state index is 12.4. The van der Waals surface area contributed by atoms with Crippen molar-refractivity contribution in [2.24, 2.45) is 4.99 Å². The second-order valence-electron chi connectivity index (χ2n) is 7.84. The van der Waals surface area contributed by atoms with Gasteiger partial charge in [-0.15, -0.1) is 0 Å². The van der Waals surface area contributed by atoms with Crippen LogP contribution < -0.4 is 15.8 Å². The summed E-state index contributed by atoms with van der Waals surface area (Å²) in [5, 5.41) is 23.5. The SMILES string of the molecule is CN=C(N/C(=C(/C#N)C=O)c1ccc(-c2cc(O)c(OC)cc2C(=O)OC)cc1)SCc1ccc(N)cc1. The number of aromatic hydroxyl groups is 1. The summed E-state index contributed by atoms with van der Waals surface area (Å²) < 4.78 is 10.0. The molecule has 3 aromatic carbocycles. The molecular formula is C28H26N4O5S. The molecule has 0 aromatic heterocycles. The Labute approximate surface area is 224 Å². The molecular weight excluding hydrogens is 504 g/mol. The van der Waals surface area contributed by atoms with Crippen molar-refractivity contribution in [3.63, 3.8) is 0 Å². The number of carbonyl (C=O) groups is 2. The average molecular weight is 531 g/mol. The number of rotatable bonds is 8. The maximum Gasteiger partial charge on any atom is 0.338 e. The van der Waals surface area contributed by atoms with E-state index >= 15 is 0 Å². The van der Waals surface area contributed by atoms with Crippen molar-refractivity contribution in [2.75, 3.05) is 27.0 Å². The molecule has 0 aliphatic carbocycles. The van der Waals surface area contributed by atoms with Gasteiger partial charge >= 0.3 is 5.97 Å². The zero-order valence-electron chi connectivity index (χ0n) is 21.0. The number of benzene rings is 3. The molecule has 0 saturated carbocycles. The Morgan fingerprint density at radius 1 is 1.16 bits per heavy atom. The van der Waals surface area contributed by atoms with E-state index in [4.69, 9.17) is 15.2 Å². The molecule has 0 amide bonds. The van der Waals surface area contributed by atoms with Crippen molar-refractivity contribution < 1.29 is 24.2 Å². The fourth-order valence-corrected chi connectivity index (χ4v) is 4.33. The number of carbonyl (C=O) groups excluding carboxylic acids is 2. The van der Waals surface area contributed by atoms with Gasteiger partial charge in [-0.25, -0.2) is 4.79 Å². The highest BCUT2D eigenvalue weighted by atomic mass is 32.2. The highest BCUT2D eigenvalue weighted by molar-refractivity contribution is 8.13. The van der Waals surface area contributed by atoms with Crippen LogP contribution in [0, 0.1) is 11.3 Å². The number of hydrogen-bond donors (Lipinski definition) is 3. The molecule has 0 radical (unpaired) electrons. The zero-order valence-corrected chi connectivity index (χ0v) is 21.8. The van der Waals surface area contributed by atoms with Gasteiger partial charge in [0.2, 0.25) is 0 Å². The normalized spacial score (nSPS) is 11.7. The highest BCUT2D eigenvalue weighted by Crippen LogP contribution is 2.36. The van der Waals surface area contributed by atoms with Crippen LogP contribution in [0.2, 0.25) is 0 Å². The number of thioether (sulfide) groups is 1. The van der Waals surface area contributed by atoms with Gasteiger partial charge in [-0.3, -0.25) is 9.79 Å². The maximum absolute atomic E-state index is 12.4. The molecule has 3 rings (SSSR count). The number of nitrogens with zero attached hydrogens (tertiary/aromatic N) is 2. The van der Waals surface area contributed by atoms with Crippen molar-refractivity contribution in [1.29, 1.82) is 5.26 Å². The largest absolute Gasteiger partial charge is 0.504 e. The van der Waals surface area contributed by atoms with Gasteiger partial charge in [-0.1, -0.05) is 48.2 Å². The number of nitrogens with one attached hydrogen (secondary N) is 1. The number of esters is 1. The average Bonchev–Trinajstić information content (AvgIpc) is 2.95. The lowest BCUT2D eigenvalue weighted by Crippen LogP contribution is -2.21. The fourth-order valence-electron chi connectivity index (χ4n) is 3.53. The topological polar surface area (TPSA) is 147 Å². The Balaban J connectivity index is 1.94. The summed E-state index contributed by atoms with van der Waals surface area (Å²) >= 11 is 1.40. The van der Waals surface area contributed by atoms with Crippen LogP contribution in [0.25, 0.3) is 16.8 Å². The van der Waals surface area contributed by atoms with Gasteiger partial charge in [0.15, 0.2) is 23.0 Å². The predicted octanol–water partition coefficient (Wildman–Crippen LogP) is 4.38. The monoisotopic (exact) mass is 530 g/mol. The van der Waals surface area contributed by atoms with Gasteiger partial charge in [0.25, 0.3) is 0 Å². The third-order valence-electron chi connectivity index (χ3n) is 5.51. The van der Waals surface area contributed by atoms with Crippen LogP contribution in [0.1, 0.15) is 21.5 Å². The zero-order chi connectivity index (χ0) is 27.7. The number of aldehydes is 1. The lowest BCUT2D eigenvalue weighted by Gasteiger charge is -2.15. The molecule has 9 nitrogen and oxygen atoms in total. The Hall–Kier alpha value is -4.75. The molecule has 4 N–H and O–H groups in total. The lowest BCUT2D eigenvalue weighted by molar-refractivity contribution is -0.104. The molecule has 10 heteroatoms. The second-order valence-corrected chi connectivity index (χ2v) is 8.80. The first-order valence-electron chi connectivity index (χ1n) is 11.3. The third kappa shape index (κ3) is 6.52. The number of nitrogen functional groups attached to an aromatic ring is 1. The van der Waals surface area contributed by atoms with Gasteiger partial charge in [-0.05, 0) is 41.0 Å². The van der Waals surface area contributed by atoms with Crippen LogP contribution in [-0.4, -0.2) is 43.8 Å². The number of allylic oxidation sites excluding steroid dienone is 1. The predicted molar refractivity (Wildman–Crippen MR) is 149 cm³/mol. The van der Waals surface area contributed by atoms with E-state index in [1.54, 1.807) is 31.3 Å². The summed E-state index contributed by atoms with van der Waals surface area (Å²) in [5.41, 5.74) is 9.39. The third-order valence-corrected chi connectivity index (χ3v) is 6.54. The van der Waals surface area contributed by atoms with Crippen LogP contribution in [-0.2, 0) is 15.3 Å². The van der Waals surface area contributed by atoms with E-state index in [0.29, 0.717) is 39.6 Å². The van der Waals surface area contributed by atoms with Crippen LogP contribution in [0.15, 0.2) is 71.2 Å². The Bertz CT molecular complexity index is 1430. The van der Waals surface area contributed by atoms with E-state index in [-0.39, 0.29) is 28.3 Å². The molecule has 0 spiro atoms. The molecule has 0 aliphatic rings. The number of anilines is 1. The molecule has 0 unspecified atom stereocenters. The van der Waals surface area contributed by atoms with Gasteiger partial charge in [0, 0.05) is 24.1 Å². The summed E-state index contributed by atoms with van der Waals surface area (Å²) in [6, 6.07) is 19.0. The summed E-state index contributed by atoms with van der Waals surface area (Å²) in [4.78, 5) is 28.4. The number of nitrogens with two attached hydrogens (primary N) is 1. The van der Waals surface area contributed by atoms with E-state index in [2.05, 4.69) is 10.3 Å². The standard InChI is InChI=1S/C28H26N4O5S/c1-31-28(38-16-17-4-10-21(30)11-5-17)32-26(20(14-29)15-33)19-8-6-18(7-9-19)22-12-24(34)25(36-2)13-23(22)27(35)37-3/h4-13,15,34H,16,30H2,1-3H3,(H,31,32)/b26-20-. The van der Waals surface area contributed by atoms with E-state index in [9.17, 15) is 20.0 Å². The molecule has 0 bridgehead atoms. The first-order valence-corrected chi connectivity index (χ1v) is 12.2. The molecule has 194 valence electrons. The Morgan fingerprint density at radius 2 is 1.84 bits per heavy atom. The summed E-state index contributed by atoms with van der Waals surface area (Å²) in [6.45, 7) is 0. The van der Waals surface area contributed by atoms with Gasteiger partial charge < -0.3 is 25.6 Å².